The van der Waals surface area contributed by atoms with Crippen LogP contribution in [0.15, 0.2) is 85.5 Å². The predicted octanol–water partition coefficient (Wildman–Crippen LogP) is 5.19. The van der Waals surface area contributed by atoms with Gasteiger partial charge in [0, 0.05) is 25.0 Å². The lowest BCUT2D eigenvalue weighted by Crippen LogP contribution is -2.09. The quantitative estimate of drug-likeness (QED) is 0.378. The van der Waals surface area contributed by atoms with Crippen molar-refractivity contribution < 1.29 is 0 Å². The number of anilines is 1. The number of benzene rings is 2. The Labute approximate surface area is 184 Å². The van der Waals surface area contributed by atoms with E-state index < -0.39 is 0 Å². The van der Waals surface area contributed by atoms with E-state index in [1.165, 1.54) is 5.56 Å². The van der Waals surface area contributed by atoms with Gasteiger partial charge in [-0.2, -0.15) is 4.98 Å². The van der Waals surface area contributed by atoms with Gasteiger partial charge in [0.1, 0.15) is 17.3 Å². The molecular formula is C24H19ClN6. The van der Waals surface area contributed by atoms with Gasteiger partial charge < -0.3 is 5.32 Å². The maximum Gasteiger partial charge on any atom is 0.226 e. The van der Waals surface area contributed by atoms with Crippen molar-refractivity contribution in [2.75, 3.05) is 11.9 Å². The Morgan fingerprint density at radius 2 is 1.71 bits per heavy atom. The van der Waals surface area contributed by atoms with E-state index in [2.05, 4.69) is 49.5 Å². The lowest BCUT2D eigenvalue weighted by atomic mass is 10.1. The Bertz CT molecular complexity index is 1320. The molecule has 1 N–H and O–H groups in total. The zero-order chi connectivity index (χ0) is 21.0. The first-order chi connectivity index (χ1) is 15.3. The summed E-state index contributed by atoms with van der Waals surface area (Å²) < 4.78 is 1.92. The van der Waals surface area contributed by atoms with Crippen molar-refractivity contribution in [3.8, 4) is 16.9 Å². The van der Waals surface area contributed by atoms with Crippen LogP contribution in [-0.4, -0.2) is 31.0 Å². The van der Waals surface area contributed by atoms with Crippen molar-refractivity contribution in [2.24, 2.45) is 0 Å². The van der Waals surface area contributed by atoms with Gasteiger partial charge in [0.25, 0.3) is 0 Å². The average Bonchev–Trinajstić information content (AvgIpc) is 3.23. The third-order valence-corrected chi connectivity index (χ3v) is 5.22. The summed E-state index contributed by atoms with van der Waals surface area (Å²) in [6.45, 7) is 0.712. The van der Waals surface area contributed by atoms with Gasteiger partial charge in [-0.05, 0) is 47.4 Å². The fraction of sp³-hybridized carbons (Fsp3) is 0.0833. The van der Waals surface area contributed by atoms with Crippen LogP contribution in [0.25, 0.3) is 28.0 Å². The summed E-state index contributed by atoms with van der Waals surface area (Å²) in [5.74, 6) is 1.16. The molecule has 0 saturated heterocycles. The number of fused-ring (bicyclic) bond motifs is 1. The summed E-state index contributed by atoms with van der Waals surface area (Å²) in [7, 11) is 0. The number of hydrogen-bond acceptors (Lipinski definition) is 5. The zero-order valence-electron chi connectivity index (χ0n) is 16.6. The van der Waals surface area contributed by atoms with Gasteiger partial charge in [-0.15, -0.1) is 0 Å². The third kappa shape index (κ3) is 4.25. The minimum absolute atomic E-state index is 0.377. The molecule has 0 fully saturated rings. The first kappa shape index (κ1) is 19.2. The van der Waals surface area contributed by atoms with Crippen LogP contribution in [0.5, 0.6) is 0 Å². The second kappa shape index (κ2) is 8.53. The van der Waals surface area contributed by atoms with Crippen LogP contribution in [0.2, 0.25) is 5.15 Å². The fourth-order valence-electron chi connectivity index (χ4n) is 3.49. The number of imidazole rings is 1. The lowest BCUT2D eigenvalue weighted by Gasteiger charge is -2.09. The Hall–Kier alpha value is -3.77. The van der Waals surface area contributed by atoms with Crippen molar-refractivity contribution in [2.45, 2.75) is 6.42 Å². The highest BCUT2D eigenvalue weighted by molar-refractivity contribution is 6.29. The summed E-state index contributed by atoms with van der Waals surface area (Å²) in [6, 6.07) is 22.2. The molecule has 0 saturated carbocycles. The number of nitrogens with one attached hydrogen (secondary N) is 1. The van der Waals surface area contributed by atoms with Crippen molar-refractivity contribution in [1.29, 1.82) is 0 Å². The minimum Gasteiger partial charge on any atom is -0.354 e. The average molecular weight is 427 g/mol. The molecule has 5 aromatic rings. The summed E-state index contributed by atoms with van der Waals surface area (Å²) in [4.78, 5) is 17.6. The summed E-state index contributed by atoms with van der Waals surface area (Å²) in [6.07, 6.45) is 6.20. The molecule has 0 atom stereocenters. The highest BCUT2D eigenvalue weighted by Crippen LogP contribution is 2.25. The molecule has 152 valence electrons. The summed E-state index contributed by atoms with van der Waals surface area (Å²) in [5.41, 5.74) is 5.26. The van der Waals surface area contributed by atoms with Crippen LogP contribution < -0.4 is 5.32 Å². The number of halogens is 1. The molecule has 0 aliphatic heterocycles. The van der Waals surface area contributed by atoms with E-state index in [9.17, 15) is 0 Å². The molecule has 0 aliphatic rings. The number of aromatic nitrogens is 5. The maximum atomic E-state index is 6.29. The van der Waals surface area contributed by atoms with Gasteiger partial charge >= 0.3 is 0 Å². The summed E-state index contributed by atoms with van der Waals surface area (Å²) in [5, 5.41) is 3.65. The Morgan fingerprint density at radius 3 is 2.55 bits per heavy atom. The largest absolute Gasteiger partial charge is 0.354 e. The predicted molar refractivity (Wildman–Crippen MR) is 124 cm³/mol. The van der Waals surface area contributed by atoms with E-state index in [1.54, 1.807) is 24.8 Å². The van der Waals surface area contributed by atoms with Gasteiger partial charge in [0.05, 0.1) is 11.0 Å². The number of hydrogen-bond donors (Lipinski definition) is 1. The van der Waals surface area contributed by atoms with Crippen molar-refractivity contribution >= 4 is 28.6 Å². The van der Waals surface area contributed by atoms with E-state index in [0.29, 0.717) is 23.5 Å². The van der Waals surface area contributed by atoms with Crippen molar-refractivity contribution in [3.05, 3.63) is 96.2 Å². The van der Waals surface area contributed by atoms with Crippen LogP contribution >= 0.6 is 11.6 Å². The monoisotopic (exact) mass is 426 g/mol. The van der Waals surface area contributed by atoms with Crippen LogP contribution in [0.4, 0.5) is 5.95 Å². The Morgan fingerprint density at radius 1 is 0.871 bits per heavy atom. The second-order valence-electron chi connectivity index (χ2n) is 7.09. The fourth-order valence-corrected chi connectivity index (χ4v) is 3.67. The molecular weight excluding hydrogens is 408 g/mol. The molecule has 0 spiro atoms. The standard InChI is InChI=1S/C24H19ClN6/c25-22-15-23(30-24(29-22)27-13-8-17-4-2-1-3-5-17)31-16-28-20-14-19(6-7-21(20)31)18-9-11-26-12-10-18/h1-7,9-12,14-16H,8,13H2,(H,27,29,30). The number of rotatable bonds is 6. The van der Waals surface area contributed by atoms with Gasteiger partial charge in [0.2, 0.25) is 5.95 Å². The van der Waals surface area contributed by atoms with E-state index >= 15 is 0 Å². The van der Waals surface area contributed by atoms with Crippen LogP contribution in [-0.2, 0) is 6.42 Å². The highest BCUT2D eigenvalue weighted by Gasteiger charge is 2.10. The van der Waals surface area contributed by atoms with E-state index in [0.717, 1.165) is 28.6 Å². The highest BCUT2D eigenvalue weighted by atomic mass is 35.5. The molecule has 0 aliphatic carbocycles. The molecule has 5 rings (SSSR count). The van der Waals surface area contributed by atoms with E-state index in [-0.39, 0.29) is 0 Å². The lowest BCUT2D eigenvalue weighted by molar-refractivity contribution is 0.954. The zero-order valence-corrected chi connectivity index (χ0v) is 17.4. The first-order valence-corrected chi connectivity index (χ1v) is 10.3. The molecule has 31 heavy (non-hydrogen) atoms. The summed E-state index contributed by atoms with van der Waals surface area (Å²) >= 11 is 6.29. The van der Waals surface area contributed by atoms with Gasteiger partial charge in [-0.25, -0.2) is 9.97 Å². The molecule has 0 unspecified atom stereocenters. The third-order valence-electron chi connectivity index (χ3n) is 5.03. The van der Waals surface area contributed by atoms with Gasteiger partial charge in [-0.1, -0.05) is 48.0 Å². The number of pyridine rings is 1. The number of nitrogens with zero attached hydrogens (tertiary/aromatic N) is 5. The van der Waals surface area contributed by atoms with Gasteiger partial charge in [0.15, 0.2) is 0 Å². The Balaban J connectivity index is 1.40. The smallest absolute Gasteiger partial charge is 0.226 e. The van der Waals surface area contributed by atoms with Crippen molar-refractivity contribution in [3.63, 3.8) is 0 Å². The van der Waals surface area contributed by atoms with Crippen molar-refractivity contribution in [1.82, 2.24) is 24.5 Å². The topological polar surface area (TPSA) is 68.5 Å². The normalized spacial score (nSPS) is 11.0. The molecule has 2 aromatic carbocycles. The van der Waals surface area contributed by atoms with Crippen LogP contribution in [0, 0.1) is 0 Å². The Kier molecular flexibility index (Phi) is 5.29. The molecule has 6 nitrogen and oxygen atoms in total. The first-order valence-electron chi connectivity index (χ1n) is 9.96. The maximum absolute atomic E-state index is 6.29. The molecule has 0 bridgehead atoms. The SMILES string of the molecule is Clc1cc(-n2cnc3cc(-c4ccncc4)ccc32)nc(NCCc2ccccc2)n1. The van der Waals surface area contributed by atoms with Crippen LogP contribution in [0.1, 0.15) is 5.56 Å². The minimum atomic E-state index is 0.377. The second-order valence-corrected chi connectivity index (χ2v) is 7.48. The molecule has 0 radical (unpaired) electrons. The molecule has 3 aromatic heterocycles. The van der Waals surface area contributed by atoms with E-state index in [1.807, 2.05) is 41.0 Å². The van der Waals surface area contributed by atoms with E-state index in [4.69, 9.17) is 11.6 Å². The van der Waals surface area contributed by atoms with Crippen LogP contribution in [0.3, 0.4) is 0 Å². The molecule has 0 amide bonds. The van der Waals surface area contributed by atoms with Gasteiger partial charge in [-0.3, -0.25) is 9.55 Å². The molecule has 3 heterocycles. The molecule has 7 heteroatoms.